The third-order valence-electron chi connectivity index (χ3n) is 1.50. The number of hydrazine groups is 1. The Balaban J connectivity index is 2.08. The Morgan fingerprint density at radius 1 is 1.70 bits per heavy atom. The second kappa shape index (κ2) is 2.98. The van der Waals surface area contributed by atoms with Crippen molar-refractivity contribution in [3.8, 4) is 0 Å². The van der Waals surface area contributed by atoms with Crippen LogP contribution in [0, 0.1) is 0 Å². The lowest BCUT2D eigenvalue weighted by atomic mass is 10.2. The van der Waals surface area contributed by atoms with Crippen molar-refractivity contribution in [2.24, 2.45) is 0 Å². The summed E-state index contributed by atoms with van der Waals surface area (Å²) in [4.78, 5) is 10.4. The Kier molecular flexibility index (Phi) is 2.24. The van der Waals surface area contributed by atoms with Crippen LogP contribution in [0.25, 0.3) is 0 Å². The van der Waals surface area contributed by atoms with Crippen molar-refractivity contribution in [2.75, 3.05) is 20.2 Å². The van der Waals surface area contributed by atoms with Crippen LogP contribution in [0.1, 0.15) is 6.92 Å². The quantitative estimate of drug-likeness (QED) is 0.561. The molecule has 0 bridgehead atoms. The summed E-state index contributed by atoms with van der Waals surface area (Å²) in [5.74, 6) is -0.0189. The van der Waals surface area contributed by atoms with Gasteiger partial charge in [0.15, 0.2) is 0 Å². The van der Waals surface area contributed by atoms with Crippen molar-refractivity contribution in [3.05, 3.63) is 0 Å². The van der Waals surface area contributed by atoms with Crippen molar-refractivity contribution in [2.45, 2.75) is 13.0 Å². The summed E-state index contributed by atoms with van der Waals surface area (Å²) in [6.07, 6.45) is 0.298. The molecule has 0 saturated carbocycles. The van der Waals surface area contributed by atoms with Gasteiger partial charge >= 0.3 is 0 Å². The predicted molar refractivity (Wildman–Crippen MR) is 36.2 cm³/mol. The highest BCUT2D eigenvalue weighted by molar-refractivity contribution is 5.72. The van der Waals surface area contributed by atoms with Gasteiger partial charge in [-0.25, -0.2) is 5.01 Å². The molecule has 1 aliphatic heterocycles. The van der Waals surface area contributed by atoms with E-state index in [9.17, 15) is 4.79 Å². The van der Waals surface area contributed by atoms with Crippen LogP contribution in [0.4, 0.5) is 0 Å². The van der Waals surface area contributed by atoms with Crippen LogP contribution in [0.3, 0.4) is 0 Å². The SMILES string of the molecule is COC1CN(NC(C)=O)C1. The minimum atomic E-state index is -0.0189. The predicted octanol–water partition coefficient (Wildman–Crippen LogP) is -0.632. The lowest BCUT2D eigenvalue weighted by Crippen LogP contribution is -2.59. The fourth-order valence-electron chi connectivity index (χ4n) is 0.901. The number of nitrogens with zero attached hydrogens (tertiary/aromatic N) is 1. The minimum absolute atomic E-state index is 0.0189. The molecule has 1 heterocycles. The summed E-state index contributed by atoms with van der Waals surface area (Å²) in [7, 11) is 1.68. The van der Waals surface area contributed by atoms with Crippen LogP contribution >= 0.6 is 0 Å². The second-order valence-corrected chi connectivity index (χ2v) is 2.43. The largest absolute Gasteiger partial charge is 0.379 e. The molecule has 0 aliphatic carbocycles. The van der Waals surface area contributed by atoms with E-state index < -0.39 is 0 Å². The third kappa shape index (κ3) is 1.68. The molecule has 0 spiro atoms. The van der Waals surface area contributed by atoms with Crippen molar-refractivity contribution in [1.29, 1.82) is 0 Å². The Morgan fingerprint density at radius 2 is 2.30 bits per heavy atom. The number of amides is 1. The van der Waals surface area contributed by atoms with Crippen LogP contribution in [0.2, 0.25) is 0 Å². The number of carbonyl (C=O) groups is 1. The van der Waals surface area contributed by atoms with Gasteiger partial charge in [-0.3, -0.25) is 10.2 Å². The Bertz CT molecular complexity index is 132. The number of nitrogens with one attached hydrogen (secondary N) is 1. The molecule has 1 aliphatic rings. The van der Waals surface area contributed by atoms with E-state index in [0.717, 1.165) is 13.1 Å². The maximum atomic E-state index is 10.4. The van der Waals surface area contributed by atoms with E-state index in [1.54, 1.807) is 7.11 Å². The highest BCUT2D eigenvalue weighted by atomic mass is 16.5. The summed E-state index contributed by atoms with van der Waals surface area (Å²) in [6.45, 7) is 3.10. The fourth-order valence-corrected chi connectivity index (χ4v) is 0.901. The number of hydrogen-bond acceptors (Lipinski definition) is 3. The molecule has 1 N–H and O–H groups in total. The fraction of sp³-hybridized carbons (Fsp3) is 0.833. The lowest BCUT2D eigenvalue weighted by molar-refractivity contribution is -0.130. The van der Waals surface area contributed by atoms with Gasteiger partial charge in [0, 0.05) is 27.1 Å². The van der Waals surface area contributed by atoms with E-state index in [1.165, 1.54) is 6.92 Å². The molecule has 0 atom stereocenters. The highest BCUT2D eigenvalue weighted by Gasteiger charge is 2.26. The molecule has 4 heteroatoms. The first kappa shape index (κ1) is 7.50. The molecule has 58 valence electrons. The zero-order valence-electron chi connectivity index (χ0n) is 6.26. The van der Waals surface area contributed by atoms with Crippen LogP contribution in [-0.4, -0.2) is 37.2 Å². The Hall–Kier alpha value is -0.610. The second-order valence-electron chi connectivity index (χ2n) is 2.43. The normalized spacial score (nSPS) is 20.2. The summed E-state index contributed by atoms with van der Waals surface area (Å²) < 4.78 is 5.00. The number of rotatable bonds is 2. The molecule has 1 amide bonds. The maximum absolute atomic E-state index is 10.4. The third-order valence-corrected chi connectivity index (χ3v) is 1.50. The molecule has 0 unspecified atom stereocenters. The summed E-state index contributed by atoms with van der Waals surface area (Å²) in [5.41, 5.74) is 2.66. The molecule has 4 nitrogen and oxygen atoms in total. The van der Waals surface area contributed by atoms with Crippen LogP contribution in [0.15, 0.2) is 0 Å². The molecule has 1 fully saturated rings. The highest BCUT2D eigenvalue weighted by Crippen LogP contribution is 2.06. The molecule has 0 aromatic rings. The lowest BCUT2D eigenvalue weighted by Gasteiger charge is -2.37. The standard InChI is InChI=1S/C6H12N2O2/c1-5(9)7-8-3-6(4-8)10-2/h6H,3-4H2,1-2H3,(H,7,9). The zero-order valence-corrected chi connectivity index (χ0v) is 6.26. The monoisotopic (exact) mass is 144 g/mol. The van der Waals surface area contributed by atoms with E-state index >= 15 is 0 Å². The molecule has 1 rings (SSSR count). The number of hydrogen-bond donors (Lipinski definition) is 1. The number of ether oxygens (including phenoxy) is 1. The first-order valence-corrected chi connectivity index (χ1v) is 3.27. The zero-order chi connectivity index (χ0) is 7.56. The Labute approximate surface area is 60.1 Å². The number of methoxy groups -OCH3 is 1. The van der Waals surface area contributed by atoms with E-state index in [1.807, 2.05) is 5.01 Å². The smallest absolute Gasteiger partial charge is 0.231 e. The van der Waals surface area contributed by atoms with Gasteiger partial charge < -0.3 is 4.74 Å². The first-order valence-electron chi connectivity index (χ1n) is 3.27. The Morgan fingerprint density at radius 3 is 2.70 bits per heavy atom. The van der Waals surface area contributed by atoms with E-state index in [0.29, 0.717) is 6.10 Å². The van der Waals surface area contributed by atoms with Gasteiger partial charge in [0.1, 0.15) is 0 Å². The maximum Gasteiger partial charge on any atom is 0.231 e. The molecule has 0 aromatic carbocycles. The van der Waals surface area contributed by atoms with Crippen molar-refractivity contribution in [3.63, 3.8) is 0 Å². The first-order chi connectivity index (χ1) is 4.72. The van der Waals surface area contributed by atoms with Gasteiger partial charge in [0.25, 0.3) is 0 Å². The summed E-state index contributed by atoms with van der Waals surface area (Å²) >= 11 is 0. The molecule has 0 radical (unpaired) electrons. The minimum Gasteiger partial charge on any atom is -0.379 e. The van der Waals surface area contributed by atoms with Crippen molar-refractivity contribution in [1.82, 2.24) is 10.4 Å². The van der Waals surface area contributed by atoms with E-state index in [2.05, 4.69) is 5.43 Å². The average Bonchev–Trinajstić information content (AvgIpc) is 1.76. The van der Waals surface area contributed by atoms with Gasteiger partial charge in [-0.05, 0) is 0 Å². The summed E-state index contributed by atoms with van der Waals surface area (Å²) in [5, 5.41) is 1.83. The van der Waals surface area contributed by atoms with Crippen molar-refractivity contribution < 1.29 is 9.53 Å². The van der Waals surface area contributed by atoms with Crippen LogP contribution < -0.4 is 5.43 Å². The topological polar surface area (TPSA) is 41.6 Å². The molecular weight excluding hydrogens is 132 g/mol. The molecule has 0 aromatic heterocycles. The van der Waals surface area contributed by atoms with Gasteiger partial charge in [-0.15, -0.1) is 0 Å². The van der Waals surface area contributed by atoms with Crippen molar-refractivity contribution >= 4 is 5.91 Å². The van der Waals surface area contributed by atoms with Crippen LogP contribution in [-0.2, 0) is 9.53 Å². The van der Waals surface area contributed by atoms with E-state index in [4.69, 9.17) is 4.74 Å². The van der Waals surface area contributed by atoms with Crippen LogP contribution in [0.5, 0.6) is 0 Å². The molecular formula is C6H12N2O2. The molecule has 1 saturated heterocycles. The van der Waals surface area contributed by atoms with Gasteiger partial charge in [-0.2, -0.15) is 0 Å². The average molecular weight is 144 g/mol. The van der Waals surface area contributed by atoms with Gasteiger partial charge in [-0.1, -0.05) is 0 Å². The van der Waals surface area contributed by atoms with E-state index in [-0.39, 0.29) is 5.91 Å². The van der Waals surface area contributed by atoms with Gasteiger partial charge in [0.05, 0.1) is 6.10 Å². The number of carbonyl (C=O) groups excluding carboxylic acids is 1. The van der Waals surface area contributed by atoms with Gasteiger partial charge in [0.2, 0.25) is 5.91 Å². The summed E-state index contributed by atoms with van der Waals surface area (Å²) in [6, 6.07) is 0. The molecule has 10 heavy (non-hydrogen) atoms.